The number of esters is 1. The smallest absolute Gasteiger partial charge is 0.310 e. The zero-order valence-electron chi connectivity index (χ0n) is 15.5. The molecule has 0 radical (unpaired) electrons. The third-order valence-corrected chi connectivity index (χ3v) is 3.56. The molecule has 0 saturated heterocycles. The Labute approximate surface area is 151 Å². The van der Waals surface area contributed by atoms with Crippen LogP contribution in [0, 0.1) is 5.92 Å². The minimum Gasteiger partial charge on any atom is -0.493 e. The van der Waals surface area contributed by atoms with Crippen molar-refractivity contribution in [2.45, 2.75) is 6.92 Å². The van der Waals surface area contributed by atoms with Crippen LogP contribution in [0.25, 0.3) is 0 Å². The zero-order chi connectivity index (χ0) is 19.9. The molecule has 0 fully saturated rings. The van der Waals surface area contributed by atoms with Crippen molar-refractivity contribution in [3.8, 4) is 17.2 Å². The van der Waals surface area contributed by atoms with Gasteiger partial charge in [-0.25, -0.2) is 0 Å². The van der Waals surface area contributed by atoms with E-state index in [9.17, 15) is 14.4 Å². The van der Waals surface area contributed by atoms with E-state index < -0.39 is 17.8 Å². The van der Waals surface area contributed by atoms with Crippen molar-refractivity contribution in [2.75, 3.05) is 41.5 Å². The van der Waals surface area contributed by atoms with Crippen LogP contribution in [0.4, 0.5) is 0 Å². The zero-order valence-corrected chi connectivity index (χ0v) is 15.5. The Morgan fingerprint density at radius 2 is 1.65 bits per heavy atom. The highest BCUT2D eigenvalue weighted by Gasteiger charge is 2.23. The predicted molar refractivity (Wildman–Crippen MR) is 92.4 cm³/mol. The largest absolute Gasteiger partial charge is 0.493 e. The van der Waals surface area contributed by atoms with Crippen LogP contribution in [0.3, 0.4) is 0 Å². The summed E-state index contributed by atoms with van der Waals surface area (Å²) < 4.78 is 20.4. The molecule has 0 aliphatic carbocycles. The minimum absolute atomic E-state index is 0.163. The average molecular weight is 368 g/mol. The third-order valence-electron chi connectivity index (χ3n) is 3.56. The molecule has 0 aliphatic heterocycles. The van der Waals surface area contributed by atoms with Gasteiger partial charge >= 0.3 is 5.97 Å². The van der Waals surface area contributed by atoms with E-state index in [0.29, 0.717) is 0 Å². The Morgan fingerprint density at radius 3 is 2.08 bits per heavy atom. The highest BCUT2D eigenvalue weighted by Crippen LogP contribution is 2.38. The summed E-state index contributed by atoms with van der Waals surface area (Å²) in [5.74, 6) is -1.31. The van der Waals surface area contributed by atoms with Crippen molar-refractivity contribution in [3.05, 3.63) is 17.7 Å². The van der Waals surface area contributed by atoms with E-state index >= 15 is 0 Å². The van der Waals surface area contributed by atoms with Crippen molar-refractivity contribution >= 4 is 17.8 Å². The predicted octanol–water partition coefficient (Wildman–Crippen LogP) is 0.449. The van der Waals surface area contributed by atoms with Gasteiger partial charge in [-0.15, -0.1) is 0 Å². The molecule has 1 unspecified atom stereocenters. The number of amides is 2. The van der Waals surface area contributed by atoms with Crippen LogP contribution in [0.15, 0.2) is 12.1 Å². The van der Waals surface area contributed by atoms with Gasteiger partial charge in [-0.1, -0.05) is 6.92 Å². The maximum absolute atomic E-state index is 12.7. The monoisotopic (exact) mass is 368 g/mol. The molecular formula is C17H24N2O7. The Hall–Kier alpha value is -2.97. The van der Waals surface area contributed by atoms with E-state index in [2.05, 4.69) is 4.74 Å². The highest BCUT2D eigenvalue weighted by molar-refractivity contribution is 5.95. The molecule has 1 aromatic carbocycles. The molecule has 9 heteroatoms. The lowest BCUT2D eigenvalue weighted by molar-refractivity contribution is -0.145. The number of primary amides is 1. The second kappa shape index (κ2) is 9.50. The lowest BCUT2D eigenvalue weighted by atomic mass is 10.1. The number of benzene rings is 1. The second-order valence-electron chi connectivity index (χ2n) is 5.57. The van der Waals surface area contributed by atoms with Gasteiger partial charge < -0.3 is 29.6 Å². The summed E-state index contributed by atoms with van der Waals surface area (Å²) in [4.78, 5) is 36.5. The van der Waals surface area contributed by atoms with E-state index in [4.69, 9.17) is 19.9 Å². The summed E-state index contributed by atoms with van der Waals surface area (Å²) in [5.41, 5.74) is 5.35. The van der Waals surface area contributed by atoms with Gasteiger partial charge in [0, 0.05) is 19.2 Å². The van der Waals surface area contributed by atoms with Crippen molar-refractivity contribution in [1.29, 1.82) is 0 Å². The van der Waals surface area contributed by atoms with Crippen LogP contribution in [0.5, 0.6) is 17.2 Å². The van der Waals surface area contributed by atoms with Gasteiger partial charge in [-0.2, -0.15) is 0 Å². The Bertz CT molecular complexity index is 650. The number of hydrogen-bond donors (Lipinski definition) is 1. The number of carbonyl (C=O) groups is 3. The van der Waals surface area contributed by atoms with Crippen LogP contribution in [-0.4, -0.2) is 64.2 Å². The van der Waals surface area contributed by atoms with Crippen LogP contribution in [0.1, 0.15) is 17.3 Å². The molecule has 0 bridgehead atoms. The normalized spacial score (nSPS) is 11.3. The summed E-state index contributed by atoms with van der Waals surface area (Å²) in [6.07, 6.45) is 0. The number of hydrogen-bond acceptors (Lipinski definition) is 7. The van der Waals surface area contributed by atoms with Gasteiger partial charge in [0.15, 0.2) is 18.1 Å². The average Bonchev–Trinajstić information content (AvgIpc) is 2.63. The molecule has 0 saturated carbocycles. The van der Waals surface area contributed by atoms with Crippen molar-refractivity contribution in [1.82, 2.24) is 4.90 Å². The fourth-order valence-electron chi connectivity index (χ4n) is 2.28. The summed E-state index contributed by atoms with van der Waals surface area (Å²) >= 11 is 0. The van der Waals surface area contributed by atoms with Crippen LogP contribution in [-0.2, 0) is 14.3 Å². The fourth-order valence-corrected chi connectivity index (χ4v) is 2.28. The lowest BCUT2D eigenvalue weighted by Crippen LogP contribution is -2.34. The molecule has 9 nitrogen and oxygen atoms in total. The van der Waals surface area contributed by atoms with Crippen molar-refractivity contribution < 1.29 is 33.3 Å². The molecule has 26 heavy (non-hydrogen) atoms. The quantitative estimate of drug-likeness (QED) is 0.629. The molecule has 1 aromatic rings. The number of methoxy groups -OCH3 is 3. The van der Waals surface area contributed by atoms with Crippen molar-refractivity contribution in [3.63, 3.8) is 0 Å². The SMILES string of the molecule is COC(=O)C(C)CN(C)C(=O)c1cc(OC)c(OCC(N)=O)c(OC)c1. The second-order valence-corrected chi connectivity index (χ2v) is 5.57. The Balaban J connectivity index is 3.10. The molecule has 0 spiro atoms. The molecule has 0 aromatic heterocycles. The molecule has 2 N–H and O–H groups in total. The maximum atomic E-state index is 12.7. The molecule has 1 rings (SSSR count). The van der Waals surface area contributed by atoms with Gasteiger partial charge in [0.25, 0.3) is 11.8 Å². The number of ether oxygens (including phenoxy) is 4. The Kier molecular flexibility index (Phi) is 7.70. The number of nitrogens with two attached hydrogens (primary N) is 1. The summed E-state index contributed by atoms with van der Waals surface area (Å²) in [6.45, 7) is 1.48. The van der Waals surface area contributed by atoms with E-state index in [0.717, 1.165) is 0 Å². The summed E-state index contributed by atoms with van der Waals surface area (Å²) in [6, 6.07) is 2.92. The molecule has 0 aliphatic rings. The Morgan fingerprint density at radius 1 is 1.12 bits per heavy atom. The van der Waals surface area contributed by atoms with E-state index in [1.807, 2.05) is 0 Å². The van der Waals surface area contributed by atoms with E-state index in [-0.39, 0.29) is 41.9 Å². The maximum Gasteiger partial charge on any atom is 0.310 e. The highest BCUT2D eigenvalue weighted by atomic mass is 16.5. The number of rotatable bonds is 9. The molecule has 144 valence electrons. The molecular weight excluding hydrogens is 344 g/mol. The van der Waals surface area contributed by atoms with Crippen LogP contribution < -0.4 is 19.9 Å². The minimum atomic E-state index is -0.661. The van der Waals surface area contributed by atoms with Crippen LogP contribution in [0.2, 0.25) is 0 Å². The lowest BCUT2D eigenvalue weighted by Gasteiger charge is -2.21. The number of nitrogens with zero attached hydrogens (tertiary/aromatic N) is 1. The van der Waals surface area contributed by atoms with Gasteiger partial charge in [0.1, 0.15) is 0 Å². The van der Waals surface area contributed by atoms with E-state index in [1.165, 1.54) is 38.4 Å². The first kappa shape index (κ1) is 21.1. The first-order chi connectivity index (χ1) is 12.2. The van der Waals surface area contributed by atoms with Crippen LogP contribution >= 0.6 is 0 Å². The van der Waals surface area contributed by atoms with Gasteiger partial charge in [-0.05, 0) is 12.1 Å². The first-order valence-corrected chi connectivity index (χ1v) is 7.75. The standard InChI is InChI=1S/C17H24N2O7/c1-10(17(22)25-5)8-19(2)16(21)11-6-12(23-3)15(13(7-11)24-4)26-9-14(18)20/h6-7,10H,8-9H2,1-5H3,(H2,18,20). The van der Waals surface area contributed by atoms with E-state index in [1.54, 1.807) is 14.0 Å². The summed E-state index contributed by atoms with van der Waals surface area (Å²) in [7, 11) is 5.64. The summed E-state index contributed by atoms with van der Waals surface area (Å²) in [5, 5.41) is 0. The third kappa shape index (κ3) is 5.27. The van der Waals surface area contributed by atoms with Gasteiger partial charge in [-0.3, -0.25) is 14.4 Å². The van der Waals surface area contributed by atoms with Gasteiger partial charge in [0.05, 0.1) is 27.2 Å². The molecule has 1 atom stereocenters. The molecule has 0 heterocycles. The first-order valence-electron chi connectivity index (χ1n) is 7.75. The van der Waals surface area contributed by atoms with Gasteiger partial charge in [0.2, 0.25) is 5.75 Å². The fraction of sp³-hybridized carbons (Fsp3) is 0.471. The number of carbonyl (C=O) groups excluding carboxylic acids is 3. The molecule has 2 amide bonds. The van der Waals surface area contributed by atoms with Crippen molar-refractivity contribution in [2.24, 2.45) is 11.7 Å². The topological polar surface area (TPSA) is 117 Å².